The molecule has 3 aliphatic rings. The molecule has 1 spiro atoms. The van der Waals surface area contributed by atoms with Crippen molar-refractivity contribution < 1.29 is 19.1 Å². The van der Waals surface area contributed by atoms with Crippen LogP contribution in [0.15, 0.2) is 6.20 Å². The van der Waals surface area contributed by atoms with Crippen LogP contribution in [-0.2, 0) is 21.4 Å². The van der Waals surface area contributed by atoms with Gasteiger partial charge in [-0.2, -0.15) is 5.10 Å². The number of nitrogens with one attached hydrogen (secondary N) is 1. The number of ether oxygens (including phenoxy) is 1. The minimum atomic E-state index is -0.642. The lowest BCUT2D eigenvalue weighted by atomic mass is 9.91. The quantitative estimate of drug-likeness (QED) is 0.782. The molecule has 3 heterocycles. The molecule has 4 rings (SSSR count). The van der Waals surface area contributed by atoms with Gasteiger partial charge < -0.3 is 19.9 Å². The van der Waals surface area contributed by atoms with Gasteiger partial charge >= 0.3 is 17.9 Å². The Labute approximate surface area is 151 Å². The zero-order valence-electron chi connectivity index (χ0n) is 15.0. The highest BCUT2D eigenvalue weighted by Crippen LogP contribution is 2.42. The third-order valence-electron chi connectivity index (χ3n) is 5.37. The lowest BCUT2D eigenvalue weighted by molar-refractivity contribution is -0.145. The summed E-state index contributed by atoms with van der Waals surface area (Å²) in [6.45, 7) is 1.33. The second kappa shape index (κ2) is 6.00. The van der Waals surface area contributed by atoms with Crippen LogP contribution in [0, 0.1) is 0 Å². The number of hydrogen-bond donors (Lipinski definition) is 1. The van der Waals surface area contributed by atoms with E-state index in [9.17, 15) is 14.4 Å². The van der Waals surface area contributed by atoms with Gasteiger partial charge in [-0.25, -0.2) is 4.79 Å². The van der Waals surface area contributed by atoms with Crippen molar-refractivity contribution in [3.63, 3.8) is 0 Å². The van der Waals surface area contributed by atoms with Crippen LogP contribution in [0.4, 0.5) is 10.5 Å². The summed E-state index contributed by atoms with van der Waals surface area (Å²) in [5.41, 5.74) is 0.946. The highest BCUT2D eigenvalue weighted by Gasteiger charge is 2.46. The van der Waals surface area contributed by atoms with Crippen molar-refractivity contribution in [1.82, 2.24) is 19.6 Å². The van der Waals surface area contributed by atoms with Gasteiger partial charge in [-0.3, -0.25) is 14.3 Å². The predicted molar refractivity (Wildman–Crippen MR) is 91.5 cm³/mol. The summed E-state index contributed by atoms with van der Waals surface area (Å²) < 4.78 is 7.13. The number of likely N-dealkylation sites (tertiary alicyclic amines) is 1. The zero-order chi connectivity index (χ0) is 18.5. The van der Waals surface area contributed by atoms with Crippen molar-refractivity contribution >= 4 is 23.6 Å². The number of aryl methyl sites for hydroxylation is 1. The van der Waals surface area contributed by atoms with E-state index in [0.29, 0.717) is 44.1 Å². The summed E-state index contributed by atoms with van der Waals surface area (Å²) in [5, 5.41) is 7.10. The van der Waals surface area contributed by atoms with Gasteiger partial charge in [-0.1, -0.05) is 0 Å². The highest BCUT2D eigenvalue weighted by atomic mass is 16.6. The number of hydrogen-bond acceptors (Lipinski definition) is 5. The maximum absolute atomic E-state index is 12.5. The fraction of sp³-hybridized carbons (Fsp3) is 0.647. The minimum Gasteiger partial charge on any atom is -0.441 e. The molecule has 2 aliphatic heterocycles. The molecular formula is C17H23N5O4. The van der Waals surface area contributed by atoms with Crippen molar-refractivity contribution in [2.75, 3.05) is 32.0 Å². The molecule has 3 amide bonds. The molecule has 140 valence electrons. The topological polar surface area (TPSA) is 96.8 Å². The first kappa shape index (κ1) is 16.9. The molecular weight excluding hydrogens is 338 g/mol. The smallest absolute Gasteiger partial charge is 0.410 e. The van der Waals surface area contributed by atoms with E-state index in [-0.39, 0.29) is 6.09 Å². The monoisotopic (exact) mass is 361 g/mol. The summed E-state index contributed by atoms with van der Waals surface area (Å²) >= 11 is 0. The standard InChI is InChI=1S/C17H23N5O4/c1-20-10-17(26-16(20)25)5-7-22(8-6-17)15(24)14(23)18-12-9-21(2)19-13(12)11-3-4-11/h9,11H,3-8,10H2,1-2H3,(H,18,23). The minimum absolute atomic E-state index is 0.327. The number of nitrogens with zero attached hydrogens (tertiary/aromatic N) is 4. The molecule has 0 unspecified atom stereocenters. The molecule has 1 aromatic heterocycles. The van der Waals surface area contributed by atoms with E-state index in [1.54, 1.807) is 29.9 Å². The van der Waals surface area contributed by atoms with E-state index in [1.165, 1.54) is 4.90 Å². The molecule has 0 aromatic carbocycles. The molecule has 9 heteroatoms. The fourth-order valence-electron chi connectivity index (χ4n) is 3.75. The number of anilines is 1. The first-order valence-electron chi connectivity index (χ1n) is 8.95. The van der Waals surface area contributed by atoms with E-state index in [4.69, 9.17) is 4.74 Å². The van der Waals surface area contributed by atoms with Gasteiger partial charge in [-0.15, -0.1) is 0 Å². The van der Waals surface area contributed by atoms with Crippen LogP contribution < -0.4 is 5.32 Å². The summed E-state index contributed by atoms with van der Waals surface area (Å²) in [4.78, 5) is 39.6. The molecule has 1 aromatic rings. The Hall–Kier alpha value is -2.58. The number of piperidine rings is 1. The SMILES string of the molecule is CN1CC2(CCN(C(=O)C(=O)Nc3cn(C)nc3C3CC3)CC2)OC1=O. The van der Waals surface area contributed by atoms with E-state index in [1.807, 2.05) is 0 Å². The molecule has 1 N–H and O–H groups in total. The van der Waals surface area contributed by atoms with Gasteiger partial charge in [0.1, 0.15) is 5.60 Å². The molecule has 9 nitrogen and oxygen atoms in total. The largest absolute Gasteiger partial charge is 0.441 e. The van der Waals surface area contributed by atoms with Crippen molar-refractivity contribution in [3.05, 3.63) is 11.9 Å². The average Bonchev–Trinajstić information content (AvgIpc) is 3.32. The molecule has 0 atom stereocenters. The fourth-order valence-corrected chi connectivity index (χ4v) is 3.75. The summed E-state index contributed by atoms with van der Waals surface area (Å²) in [7, 11) is 3.50. The molecule has 0 bridgehead atoms. The summed E-state index contributed by atoms with van der Waals surface area (Å²) in [5.74, 6) is -0.815. The first-order valence-corrected chi connectivity index (χ1v) is 8.95. The Kier molecular flexibility index (Phi) is 3.89. The Bertz CT molecular complexity index is 761. The Morgan fingerprint density at radius 3 is 2.54 bits per heavy atom. The Balaban J connectivity index is 1.36. The second-order valence-electron chi connectivity index (χ2n) is 7.53. The van der Waals surface area contributed by atoms with E-state index < -0.39 is 17.4 Å². The van der Waals surface area contributed by atoms with Crippen LogP contribution in [0.5, 0.6) is 0 Å². The Morgan fingerprint density at radius 1 is 1.27 bits per heavy atom. The van der Waals surface area contributed by atoms with Crippen LogP contribution in [0.3, 0.4) is 0 Å². The van der Waals surface area contributed by atoms with Crippen molar-refractivity contribution in [2.24, 2.45) is 7.05 Å². The average molecular weight is 361 g/mol. The number of aromatic nitrogens is 2. The number of carbonyl (C=O) groups is 3. The number of carbonyl (C=O) groups excluding carboxylic acids is 3. The molecule has 3 fully saturated rings. The normalized spacial score (nSPS) is 21.8. The van der Waals surface area contributed by atoms with Crippen LogP contribution >= 0.6 is 0 Å². The van der Waals surface area contributed by atoms with E-state index in [0.717, 1.165) is 18.5 Å². The molecule has 2 saturated heterocycles. The predicted octanol–water partition coefficient (Wildman–Crippen LogP) is 0.679. The lowest BCUT2D eigenvalue weighted by Crippen LogP contribution is -2.51. The van der Waals surface area contributed by atoms with Gasteiger partial charge in [0, 0.05) is 52.1 Å². The number of rotatable bonds is 2. The molecule has 26 heavy (non-hydrogen) atoms. The lowest BCUT2D eigenvalue weighted by Gasteiger charge is -2.36. The van der Waals surface area contributed by atoms with Gasteiger partial charge in [0.15, 0.2) is 0 Å². The van der Waals surface area contributed by atoms with Gasteiger partial charge in [-0.05, 0) is 12.8 Å². The highest BCUT2D eigenvalue weighted by molar-refractivity contribution is 6.39. The van der Waals surface area contributed by atoms with Gasteiger partial charge in [0.25, 0.3) is 0 Å². The van der Waals surface area contributed by atoms with Gasteiger partial charge in [0.2, 0.25) is 0 Å². The Morgan fingerprint density at radius 2 is 1.96 bits per heavy atom. The summed E-state index contributed by atoms with van der Waals surface area (Å²) in [6.07, 6.45) is 4.62. The van der Waals surface area contributed by atoms with Crippen molar-refractivity contribution in [2.45, 2.75) is 37.2 Å². The van der Waals surface area contributed by atoms with Crippen molar-refractivity contribution in [1.29, 1.82) is 0 Å². The third kappa shape index (κ3) is 3.02. The first-order chi connectivity index (χ1) is 12.4. The molecule has 1 aliphatic carbocycles. The summed E-state index contributed by atoms with van der Waals surface area (Å²) in [6, 6.07) is 0. The second-order valence-corrected chi connectivity index (χ2v) is 7.53. The number of amides is 3. The van der Waals surface area contributed by atoms with E-state index >= 15 is 0 Å². The third-order valence-corrected chi connectivity index (χ3v) is 5.37. The van der Waals surface area contributed by atoms with Crippen LogP contribution in [0.25, 0.3) is 0 Å². The van der Waals surface area contributed by atoms with Crippen LogP contribution in [-0.4, -0.2) is 69.8 Å². The van der Waals surface area contributed by atoms with Crippen LogP contribution in [0.1, 0.15) is 37.3 Å². The maximum Gasteiger partial charge on any atom is 0.410 e. The maximum atomic E-state index is 12.5. The molecule has 1 saturated carbocycles. The number of likely N-dealkylation sites (N-methyl/N-ethyl adjacent to an activating group) is 1. The van der Waals surface area contributed by atoms with Gasteiger partial charge in [0.05, 0.1) is 17.9 Å². The molecule has 0 radical (unpaired) electrons. The van der Waals surface area contributed by atoms with Crippen LogP contribution in [0.2, 0.25) is 0 Å². The zero-order valence-corrected chi connectivity index (χ0v) is 15.0. The van der Waals surface area contributed by atoms with Crippen molar-refractivity contribution in [3.8, 4) is 0 Å². The van der Waals surface area contributed by atoms with E-state index in [2.05, 4.69) is 10.4 Å².